The Balaban J connectivity index is 2.16. The molecular weight excluding hydrogens is 294 g/mol. The first-order valence-electron chi connectivity index (χ1n) is 7.95. The van der Waals surface area contributed by atoms with Crippen molar-refractivity contribution in [3.8, 4) is 5.75 Å². The van der Waals surface area contributed by atoms with Crippen LogP contribution in [0.25, 0.3) is 0 Å². The van der Waals surface area contributed by atoms with Crippen LogP contribution >= 0.6 is 0 Å². The molecule has 0 spiro atoms. The summed E-state index contributed by atoms with van der Waals surface area (Å²) in [5.41, 5.74) is 1.63. The van der Waals surface area contributed by atoms with E-state index in [-0.39, 0.29) is 5.91 Å². The third-order valence-electron chi connectivity index (χ3n) is 3.94. The smallest absolute Gasteiger partial charge is 0.307 e. The van der Waals surface area contributed by atoms with Gasteiger partial charge < -0.3 is 15.2 Å². The number of carboxylic acids is 1. The third kappa shape index (κ3) is 4.34. The highest BCUT2D eigenvalue weighted by molar-refractivity contribution is 5.96. The number of ether oxygens (including phenoxy) is 1. The summed E-state index contributed by atoms with van der Waals surface area (Å²) < 4.78 is 5.68. The van der Waals surface area contributed by atoms with E-state index in [9.17, 15) is 14.7 Å². The van der Waals surface area contributed by atoms with Crippen molar-refractivity contribution in [1.82, 2.24) is 0 Å². The Morgan fingerprint density at radius 2 is 1.96 bits per heavy atom. The standard InChI is InChI=1S/C18H23NO4/c1-3-10-23-16-11-12(2)8-9-15(16)19-17(20)13-6-4-5-7-14(13)18(21)22/h4-5,8-9,11,13-14H,3,6-7,10H2,1-2H3,(H,19,20)(H,21,22)/t13-,14+/m1/s1. The summed E-state index contributed by atoms with van der Waals surface area (Å²) >= 11 is 0. The Hall–Kier alpha value is -2.30. The molecule has 0 saturated heterocycles. The normalized spacial score (nSPS) is 20.1. The summed E-state index contributed by atoms with van der Waals surface area (Å²) in [6.45, 7) is 4.53. The van der Waals surface area contributed by atoms with E-state index in [1.807, 2.05) is 38.1 Å². The molecule has 0 saturated carbocycles. The van der Waals surface area contributed by atoms with E-state index in [2.05, 4.69) is 5.32 Å². The lowest BCUT2D eigenvalue weighted by atomic mass is 9.82. The molecule has 2 rings (SSSR count). The minimum atomic E-state index is -0.930. The van der Waals surface area contributed by atoms with Crippen molar-refractivity contribution in [2.24, 2.45) is 11.8 Å². The third-order valence-corrected chi connectivity index (χ3v) is 3.94. The Morgan fingerprint density at radius 3 is 2.61 bits per heavy atom. The fourth-order valence-corrected chi connectivity index (χ4v) is 2.67. The molecule has 1 amide bonds. The number of rotatable bonds is 6. The molecule has 0 unspecified atom stereocenters. The number of aryl methyl sites for hydroxylation is 1. The molecule has 0 radical (unpaired) electrons. The second-order valence-corrected chi connectivity index (χ2v) is 5.83. The van der Waals surface area contributed by atoms with Crippen molar-refractivity contribution >= 4 is 17.6 Å². The van der Waals surface area contributed by atoms with E-state index in [4.69, 9.17) is 4.74 Å². The number of nitrogens with one attached hydrogen (secondary N) is 1. The van der Waals surface area contributed by atoms with Gasteiger partial charge in [0.15, 0.2) is 0 Å². The van der Waals surface area contributed by atoms with Crippen molar-refractivity contribution < 1.29 is 19.4 Å². The number of hydrogen-bond donors (Lipinski definition) is 2. The molecule has 23 heavy (non-hydrogen) atoms. The summed E-state index contributed by atoms with van der Waals surface area (Å²) in [5, 5.41) is 12.1. The Kier molecular flexibility index (Phi) is 5.79. The molecular formula is C18H23NO4. The highest BCUT2D eigenvalue weighted by Gasteiger charge is 2.34. The van der Waals surface area contributed by atoms with E-state index in [1.54, 1.807) is 6.07 Å². The van der Waals surface area contributed by atoms with Gasteiger partial charge in [-0.25, -0.2) is 0 Å². The van der Waals surface area contributed by atoms with Crippen molar-refractivity contribution in [1.29, 1.82) is 0 Å². The lowest BCUT2D eigenvalue weighted by molar-refractivity contribution is -0.146. The molecule has 5 heteroatoms. The van der Waals surface area contributed by atoms with Crippen LogP contribution in [0.2, 0.25) is 0 Å². The van der Waals surface area contributed by atoms with Crippen molar-refractivity contribution in [2.45, 2.75) is 33.1 Å². The fourth-order valence-electron chi connectivity index (χ4n) is 2.67. The topological polar surface area (TPSA) is 75.6 Å². The number of carbonyl (C=O) groups is 2. The molecule has 5 nitrogen and oxygen atoms in total. The quantitative estimate of drug-likeness (QED) is 0.789. The van der Waals surface area contributed by atoms with Gasteiger partial charge in [-0.15, -0.1) is 0 Å². The average molecular weight is 317 g/mol. The molecule has 0 aliphatic heterocycles. The molecule has 124 valence electrons. The van der Waals surface area contributed by atoms with E-state index in [0.29, 0.717) is 30.9 Å². The van der Waals surface area contributed by atoms with Crippen LogP contribution in [-0.2, 0) is 9.59 Å². The van der Waals surface area contributed by atoms with E-state index >= 15 is 0 Å². The number of benzene rings is 1. The average Bonchev–Trinajstić information content (AvgIpc) is 2.54. The maximum Gasteiger partial charge on any atom is 0.307 e. The maximum absolute atomic E-state index is 12.5. The predicted molar refractivity (Wildman–Crippen MR) is 88.6 cm³/mol. The van der Waals surface area contributed by atoms with E-state index in [0.717, 1.165) is 12.0 Å². The van der Waals surface area contributed by atoms with Gasteiger partial charge in [0.25, 0.3) is 0 Å². The number of hydrogen-bond acceptors (Lipinski definition) is 3. The van der Waals surface area contributed by atoms with Gasteiger partial charge in [0, 0.05) is 0 Å². The van der Waals surface area contributed by atoms with Crippen molar-refractivity contribution in [2.75, 3.05) is 11.9 Å². The molecule has 0 fully saturated rings. The van der Waals surface area contributed by atoms with Crippen LogP contribution in [0.1, 0.15) is 31.7 Å². The van der Waals surface area contributed by atoms with Crippen LogP contribution in [0, 0.1) is 18.8 Å². The minimum absolute atomic E-state index is 0.271. The Labute approximate surface area is 136 Å². The zero-order valence-corrected chi connectivity index (χ0v) is 13.5. The first kappa shape index (κ1) is 17.1. The van der Waals surface area contributed by atoms with Gasteiger partial charge in [-0.3, -0.25) is 9.59 Å². The number of allylic oxidation sites excluding steroid dienone is 2. The van der Waals surface area contributed by atoms with Crippen molar-refractivity contribution in [3.63, 3.8) is 0 Å². The second kappa shape index (κ2) is 7.81. The van der Waals surface area contributed by atoms with Gasteiger partial charge in [-0.2, -0.15) is 0 Å². The number of anilines is 1. The molecule has 1 aliphatic rings. The zero-order chi connectivity index (χ0) is 16.8. The number of carbonyl (C=O) groups excluding carboxylic acids is 1. The zero-order valence-electron chi connectivity index (χ0n) is 13.5. The van der Waals surface area contributed by atoms with Crippen LogP contribution < -0.4 is 10.1 Å². The van der Waals surface area contributed by atoms with Gasteiger partial charge in [0.05, 0.1) is 24.1 Å². The van der Waals surface area contributed by atoms with E-state index in [1.165, 1.54) is 0 Å². The number of amides is 1. The molecule has 0 aromatic heterocycles. The molecule has 1 aliphatic carbocycles. The predicted octanol–water partition coefficient (Wildman–Crippen LogP) is 3.39. The summed E-state index contributed by atoms with van der Waals surface area (Å²) in [7, 11) is 0. The van der Waals surface area contributed by atoms with Gasteiger partial charge in [0.2, 0.25) is 5.91 Å². The summed E-state index contributed by atoms with van der Waals surface area (Å²) in [5.74, 6) is -1.81. The molecule has 0 heterocycles. The van der Waals surface area contributed by atoms with Gasteiger partial charge in [-0.05, 0) is 43.9 Å². The second-order valence-electron chi connectivity index (χ2n) is 5.83. The SMILES string of the molecule is CCCOc1cc(C)ccc1NC(=O)[C@@H]1CC=CC[C@@H]1C(=O)O. The van der Waals surface area contributed by atoms with Crippen LogP contribution in [-0.4, -0.2) is 23.6 Å². The van der Waals surface area contributed by atoms with E-state index < -0.39 is 17.8 Å². The Bertz CT molecular complexity index is 609. The molecule has 0 bridgehead atoms. The monoisotopic (exact) mass is 317 g/mol. The molecule has 2 N–H and O–H groups in total. The minimum Gasteiger partial charge on any atom is -0.491 e. The van der Waals surface area contributed by atoms with Crippen molar-refractivity contribution in [3.05, 3.63) is 35.9 Å². The summed E-state index contributed by atoms with van der Waals surface area (Å²) in [6, 6.07) is 5.57. The molecule has 1 aromatic rings. The first-order valence-corrected chi connectivity index (χ1v) is 7.95. The van der Waals surface area contributed by atoms with Gasteiger partial charge in [0.1, 0.15) is 5.75 Å². The fraction of sp³-hybridized carbons (Fsp3) is 0.444. The van der Waals surface area contributed by atoms with Crippen LogP contribution in [0.5, 0.6) is 5.75 Å². The highest BCUT2D eigenvalue weighted by Crippen LogP contribution is 2.30. The molecule has 1 aromatic carbocycles. The van der Waals surface area contributed by atoms with Gasteiger partial charge >= 0.3 is 5.97 Å². The number of aliphatic carboxylic acids is 1. The lowest BCUT2D eigenvalue weighted by Crippen LogP contribution is -2.34. The Morgan fingerprint density at radius 1 is 1.26 bits per heavy atom. The maximum atomic E-state index is 12.5. The summed E-state index contributed by atoms with van der Waals surface area (Å²) in [6.07, 6.45) is 5.40. The largest absolute Gasteiger partial charge is 0.491 e. The first-order chi connectivity index (χ1) is 11.0. The lowest BCUT2D eigenvalue weighted by Gasteiger charge is -2.24. The highest BCUT2D eigenvalue weighted by atomic mass is 16.5. The van der Waals surface area contributed by atoms with Crippen LogP contribution in [0.4, 0.5) is 5.69 Å². The molecule has 2 atom stereocenters. The van der Waals surface area contributed by atoms with Gasteiger partial charge in [-0.1, -0.05) is 25.1 Å². The summed E-state index contributed by atoms with van der Waals surface area (Å²) in [4.78, 5) is 23.9. The van der Waals surface area contributed by atoms with Crippen LogP contribution in [0.15, 0.2) is 30.4 Å². The number of carboxylic acid groups (broad SMARTS) is 1. The van der Waals surface area contributed by atoms with Crippen LogP contribution in [0.3, 0.4) is 0 Å².